The summed E-state index contributed by atoms with van der Waals surface area (Å²) in [5, 5.41) is 9.80. The first-order valence-corrected chi connectivity index (χ1v) is 7.71. The van der Waals surface area contributed by atoms with Crippen molar-refractivity contribution >= 4 is 20.9 Å². The Balaban J connectivity index is 2.35. The number of aromatic amines is 1. The highest BCUT2D eigenvalue weighted by atomic mass is 32.2. The van der Waals surface area contributed by atoms with Crippen LogP contribution in [0, 0.1) is 11.6 Å². The summed E-state index contributed by atoms with van der Waals surface area (Å²) in [5.74, 6) is -3.54. The molecule has 23 heavy (non-hydrogen) atoms. The van der Waals surface area contributed by atoms with Crippen molar-refractivity contribution in [2.75, 3.05) is 0 Å². The Morgan fingerprint density at radius 3 is 2.57 bits per heavy atom. The van der Waals surface area contributed by atoms with Gasteiger partial charge in [-0.3, -0.25) is 4.79 Å². The van der Waals surface area contributed by atoms with Crippen molar-refractivity contribution in [2.45, 2.75) is 9.79 Å². The summed E-state index contributed by atoms with van der Waals surface area (Å²) in [4.78, 5) is 16.9. The summed E-state index contributed by atoms with van der Waals surface area (Å²) >= 11 is 0. The molecule has 0 fully saturated rings. The van der Waals surface area contributed by atoms with Crippen LogP contribution in [0.15, 0.2) is 51.1 Å². The van der Waals surface area contributed by atoms with E-state index in [1.54, 1.807) is 0 Å². The second kappa shape index (κ2) is 5.13. The van der Waals surface area contributed by atoms with Crippen molar-refractivity contribution in [1.82, 2.24) is 9.97 Å². The van der Waals surface area contributed by atoms with Crippen molar-refractivity contribution in [2.24, 2.45) is 0 Å². The molecule has 3 rings (SSSR count). The average molecular weight is 338 g/mol. The first-order valence-electron chi connectivity index (χ1n) is 6.22. The van der Waals surface area contributed by atoms with Gasteiger partial charge in [-0.25, -0.2) is 22.2 Å². The zero-order chi connectivity index (χ0) is 16.8. The number of benzene rings is 1. The van der Waals surface area contributed by atoms with E-state index < -0.39 is 42.6 Å². The van der Waals surface area contributed by atoms with Gasteiger partial charge >= 0.3 is 0 Å². The van der Waals surface area contributed by atoms with Crippen LogP contribution in [0.4, 0.5) is 8.78 Å². The van der Waals surface area contributed by atoms with E-state index >= 15 is 0 Å². The van der Waals surface area contributed by atoms with E-state index in [1.807, 2.05) is 0 Å². The molecule has 0 amide bonds. The molecule has 0 unspecified atom stereocenters. The van der Waals surface area contributed by atoms with E-state index in [0.717, 1.165) is 6.07 Å². The first-order chi connectivity index (χ1) is 10.8. The van der Waals surface area contributed by atoms with Crippen LogP contribution >= 0.6 is 0 Å². The van der Waals surface area contributed by atoms with E-state index in [1.165, 1.54) is 18.3 Å². The summed E-state index contributed by atoms with van der Waals surface area (Å²) in [6, 6.07) is 4.61. The van der Waals surface area contributed by atoms with Gasteiger partial charge in [-0.2, -0.15) is 0 Å². The molecule has 0 aliphatic rings. The van der Waals surface area contributed by atoms with Crippen LogP contribution in [0.25, 0.3) is 11.0 Å². The van der Waals surface area contributed by atoms with Gasteiger partial charge in [0.05, 0.1) is 10.3 Å². The molecule has 1 aromatic carbocycles. The molecule has 0 radical (unpaired) electrons. The quantitative estimate of drug-likeness (QED) is 0.693. The lowest BCUT2D eigenvalue weighted by Crippen LogP contribution is -2.17. The summed E-state index contributed by atoms with van der Waals surface area (Å²) in [6.45, 7) is 0. The Morgan fingerprint density at radius 1 is 1.13 bits per heavy atom. The average Bonchev–Trinajstić information content (AvgIpc) is 2.49. The Hall–Kier alpha value is -2.81. The van der Waals surface area contributed by atoms with Gasteiger partial charge in [0.25, 0.3) is 0 Å². The van der Waals surface area contributed by atoms with Gasteiger partial charge < -0.3 is 10.1 Å². The van der Waals surface area contributed by atoms with Crippen LogP contribution in [0.5, 0.6) is 5.88 Å². The molecule has 6 nitrogen and oxygen atoms in total. The summed E-state index contributed by atoms with van der Waals surface area (Å²) in [7, 11) is -4.56. The van der Waals surface area contributed by atoms with Crippen molar-refractivity contribution in [3.63, 3.8) is 0 Å². The maximum atomic E-state index is 13.3. The van der Waals surface area contributed by atoms with Gasteiger partial charge in [0.2, 0.25) is 21.1 Å². The molecule has 0 saturated heterocycles. The number of nitrogens with one attached hydrogen (secondary N) is 1. The minimum Gasteiger partial charge on any atom is -0.494 e. The van der Waals surface area contributed by atoms with Crippen molar-refractivity contribution in [1.29, 1.82) is 0 Å². The summed E-state index contributed by atoms with van der Waals surface area (Å²) in [5.41, 5.74) is -0.992. The molecular formula is C14H8F2N2O4S. The summed E-state index contributed by atoms with van der Waals surface area (Å²) in [6.07, 6.45) is 1.35. The third-order valence-electron chi connectivity index (χ3n) is 3.18. The SMILES string of the molecule is O=c1c(S(=O)(=O)c2ccc(F)c(F)c2)c(O)[nH]c2ncccc12. The molecule has 0 bridgehead atoms. The van der Waals surface area contributed by atoms with Gasteiger partial charge in [-0.05, 0) is 30.3 Å². The van der Waals surface area contributed by atoms with E-state index in [-0.39, 0.29) is 11.0 Å². The zero-order valence-corrected chi connectivity index (χ0v) is 12.1. The number of hydrogen-bond acceptors (Lipinski definition) is 5. The lowest BCUT2D eigenvalue weighted by Gasteiger charge is -2.08. The number of halogens is 2. The molecule has 2 N–H and O–H groups in total. The number of sulfone groups is 1. The third-order valence-corrected chi connectivity index (χ3v) is 4.97. The fourth-order valence-electron chi connectivity index (χ4n) is 2.10. The van der Waals surface area contributed by atoms with E-state index in [2.05, 4.69) is 9.97 Å². The number of nitrogens with zero attached hydrogens (tertiary/aromatic N) is 1. The highest BCUT2D eigenvalue weighted by Crippen LogP contribution is 2.26. The minimum atomic E-state index is -4.56. The van der Waals surface area contributed by atoms with Gasteiger partial charge in [0.15, 0.2) is 16.5 Å². The van der Waals surface area contributed by atoms with Crippen LogP contribution in [-0.2, 0) is 9.84 Å². The molecule has 0 aliphatic carbocycles. The van der Waals surface area contributed by atoms with Crippen LogP contribution in [0.3, 0.4) is 0 Å². The number of H-pyrrole nitrogens is 1. The van der Waals surface area contributed by atoms with Crippen molar-refractivity contribution in [3.8, 4) is 5.88 Å². The number of aromatic nitrogens is 2. The lowest BCUT2D eigenvalue weighted by atomic mass is 10.3. The topological polar surface area (TPSA) is 100 Å². The molecule has 2 heterocycles. The highest BCUT2D eigenvalue weighted by Gasteiger charge is 2.28. The van der Waals surface area contributed by atoms with Crippen LogP contribution in [-0.4, -0.2) is 23.5 Å². The standard InChI is InChI=1S/C14H8F2N2O4S/c15-9-4-3-7(6-10(9)16)23(21,22)12-11(19)8-2-1-5-17-13(8)18-14(12)20/h1-6H,(H2,17,18,19,20). The normalized spacial score (nSPS) is 11.7. The number of pyridine rings is 2. The first kappa shape index (κ1) is 15.1. The van der Waals surface area contributed by atoms with Crippen molar-refractivity contribution < 1.29 is 22.3 Å². The Kier molecular flexibility index (Phi) is 3.37. The predicted molar refractivity (Wildman–Crippen MR) is 75.8 cm³/mol. The maximum absolute atomic E-state index is 13.3. The minimum absolute atomic E-state index is 0.000707. The predicted octanol–water partition coefficient (Wildman–Crippen LogP) is 1.74. The smallest absolute Gasteiger partial charge is 0.215 e. The molecular weight excluding hydrogens is 330 g/mol. The molecule has 2 aromatic heterocycles. The Morgan fingerprint density at radius 2 is 1.87 bits per heavy atom. The number of aromatic hydroxyl groups is 1. The number of rotatable bonds is 2. The van der Waals surface area contributed by atoms with E-state index in [0.29, 0.717) is 12.1 Å². The monoisotopic (exact) mass is 338 g/mol. The van der Waals surface area contributed by atoms with E-state index in [9.17, 15) is 27.1 Å². The lowest BCUT2D eigenvalue weighted by molar-refractivity contribution is 0.437. The number of fused-ring (bicyclic) bond motifs is 1. The van der Waals surface area contributed by atoms with Crippen LogP contribution < -0.4 is 5.43 Å². The van der Waals surface area contributed by atoms with Gasteiger partial charge in [-0.15, -0.1) is 0 Å². The fourth-order valence-corrected chi connectivity index (χ4v) is 3.50. The molecule has 3 aromatic rings. The molecule has 9 heteroatoms. The molecule has 0 spiro atoms. The maximum Gasteiger partial charge on any atom is 0.215 e. The third kappa shape index (κ3) is 2.34. The molecule has 118 valence electrons. The fraction of sp³-hybridized carbons (Fsp3) is 0. The second-order valence-electron chi connectivity index (χ2n) is 4.61. The molecule has 0 atom stereocenters. The van der Waals surface area contributed by atoms with Gasteiger partial charge in [-0.1, -0.05) is 0 Å². The second-order valence-corrected chi connectivity index (χ2v) is 6.50. The zero-order valence-electron chi connectivity index (χ0n) is 11.2. The Labute approximate surface area is 128 Å². The largest absolute Gasteiger partial charge is 0.494 e. The van der Waals surface area contributed by atoms with Crippen LogP contribution in [0.2, 0.25) is 0 Å². The summed E-state index contributed by atoms with van der Waals surface area (Å²) < 4.78 is 51.2. The van der Waals surface area contributed by atoms with Crippen LogP contribution in [0.1, 0.15) is 0 Å². The highest BCUT2D eigenvalue weighted by molar-refractivity contribution is 7.91. The molecule has 0 aliphatic heterocycles. The molecule has 0 saturated carbocycles. The van der Waals surface area contributed by atoms with Gasteiger partial charge in [0, 0.05) is 6.20 Å². The van der Waals surface area contributed by atoms with E-state index in [4.69, 9.17) is 0 Å². The van der Waals surface area contributed by atoms with Gasteiger partial charge in [0.1, 0.15) is 5.65 Å². The van der Waals surface area contributed by atoms with Crippen molar-refractivity contribution in [3.05, 3.63) is 58.4 Å². The number of hydrogen-bond donors (Lipinski definition) is 2. The Bertz CT molecular complexity index is 1090.